The fourth-order valence-corrected chi connectivity index (χ4v) is 1.84. The zero-order valence-electron chi connectivity index (χ0n) is 7.98. The first-order valence-electron chi connectivity index (χ1n) is 4.70. The Morgan fingerprint density at radius 2 is 2.31 bits per heavy atom. The van der Waals surface area contributed by atoms with Crippen molar-refractivity contribution in [3.8, 4) is 0 Å². The highest BCUT2D eigenvalue weighted by atomic mass is 35.5. The Balaban J connectivity index is 2.27. The molecule has 2 unspecified atom stereocenters. The number of amides is 1. The lowest BCUT2D eigenvalue weighted by atomic mass is 10.1. The minimum atomic E-state index is 0.131. The zero-order chi connectivity index (χ0) is 9.84. The second-order valence-electron chi connectivity index (χ2n) is 3.85. The molecule has 0 aromatic carbocycles. The number of carbonyl (C=O) groups is 1. The molecular weight excluding hydrogens is 186 g/mol. The third-order valence-electron chi connectivity index (χ3n) is 2.52. The summed E-state index contributed by atoms with van der Waals surface area (Å²) in [5.74, 6) is 1.02. The molecule has 1 aliphatic rings. The largest absolute Gasteiger partial charge is 0.351 e. The third-order valence-corrected chi connectivity index (χ3v) is 2.65. The van der Waals surface area contributed by atoms with Crippen LogP contribution in [0, 0.1) is 11.8 Å². The Bertz CT molecular complexity index is 215. The summed E-state index contributed by atoms with van der Waals surface area (Å²) < 4.78 is 0. The highest BCUT2D eigenvalue weighted by molar-refractivity contribution is 6.29. The van der Waals surface area contributed by atoms with Gasteiger partial charge in [0.25, 0.3) is 0 Å². The summed E-state index contributed by atoms with van der Waals surface area (Å²) in [6.45, 7) is 6.10. The molecule has 1 aliphatic carbocycles. The molecule has 0 aromatic rings. The van der Waals surface area contributed by atoms with Crippen LogP contribution in [0.2, 0.25) is 0 Å². The lowest BCUT2D eigenvalue weighted by molar-refractivity contribution is -0.124. The quantitative estimate of drug-likeness (QED) is 0.746. The van der Waals surface area contributed by atoms with Crippen LogP contribution >= 0.6 is 11.6 Å². The molecule has 0 saturated heterocycles. The van der Waals surface area contributed by atoms with Crippen LogP contribution in [0.3, 0.4) is 0 Å². The molecule has 1 amide bonds. The highest BCUT2D eigenvalue weighted by Gasteiger charge is 2.26. The summed E-state index contributed by atoms with van der Waals surface area (Å²) in [6.07, 6.45) is 3.20. The molecule has 0 spiro atoms. The van der Waals surface area contributed by atoms with Gasteiger partial charge in [-0.05, 0) is 25.2 Å². The predicted octanol–water partition coefficient (Wildman–Crippen LogP) is 2.29. The molecule has 0 bridgehead atoms. The summed E-state index contributed by atoms with van der Waals surface area (Å²) in [5.41, 5.74) is 0. The maximum absolute atomic E-state index is 11.5. The molecule has 74 valence electrons. The van der Waals surface area contributed by atoms with Gasteiger partial charge >= 0.3 is 0 Å². The van der Waals surface area contributed by atoms with E-state index < -0.39 is 0 Å². The summed E-state index contributed by atoms with van der Waals surface area (Å²) >= 11 is 5.55. The first-order chi connectivity index (χ1) is 6.09. The Labute approximate surface area is 84.3 Å². The van der Waals surface area contributed by atoms with Crippen molar-refractivity contribution in [1.29, 1.82) is 0 Å². The van der Waals surface area contributed by atoms with Gasteiger partial charge in [-0.3, -0.25) is 4.79 Å². The molecule has 2 nitrogen and oxygen atoms in total. The van der Waals surface area contributed by atoms with E-state index in [1.54, 1.807) is 0 Å². The van der Waals surface area contributed by atoms with Gasteiger partial charge in [0.15, 0.2) is 0 Å². The van der Waals surface area contributed by atoms with E-state index in [0.717, 1.165) is 12.8 Å². The molecule has 1 N–H and O–H groups in total. The maximum atomic E-state index is 11.5. The van der Waals surface area contributed by atoms with Gasteiger partial charge in [0.2, 0.25) is 5.91 Å². The van der Waals surface area contributed by atoms with E-state index in [2.05, 4.69) is 18.8 Å². The fourth-order valence-electron chi connectivity index (χ4n) is 1.77. The van der Waals surface area contributed by atoms with Crippen molar-refractivity contribution in [3.63, 3.8) is 0 Å². The van der Waals surface area contributed by atoms with Crippen molar-refractivity contribution in [1.82, 2.24) is 5.32 Å². The third kappa shape index (κ3) is 3.39. The van der Waals surface area contributed by atoms with E-state index in [0.29, 0.717) is 17.5 Å². The summed E-state index contributed by atoms with van der Waals surface area (Å²) in [5, 5.41) is 3.26. The van der Waals surface area contributed by atoms with E-state index in [-0.39, 0.29) is 11.8 Å². The van der Waals surface area contributed by atoms with Crippen LogP contribution < -0.4 is 5.32 Å². The Morgan fingerprint density at radius 3 is 2.77 bits per heavy atom. The van der Waals surface area contributed by atoms with Gasteiger partial charge in [0.1, 0.15) is 0 Å². The molecule has 1 rings (SSSR count). The lowest BCUT2D eigenvalue weighted by Gasteiger charge is -2.09. The normalized spacial score (nSPS) is 27.2. The average Bonchev–Trinajstić information content (AvgIpc) is 2.47. The van der Waals surface area contributed by atoms with Crippen LogP contribution in [0.15, 0.2) is 11.6 Å². The van der Waals surface area contributed by atoms with Crippen molar-refractivity contribution >= 4 is 17.5 Å². The molecule has 1 saturated carbocycles. The number of rotatable bonds is 3. The average molecular weight is 202 g/mol. The predicted molar refractivity (Wildman–Crippen MR) is 54.5 cm³/mol. The van der Waals surface area contributed by atoms with E-state index in [1.807, 2.05) is 0 Å². The monoisotopic (exact) mass is 201 g/mol. The van der Waals surface area contributed by atoms with Gasteiger partial charge in [0, 0.05) is 11.0 Å². The molecule has 0 aromatic heterocycles. The number of nitrogens with one attached hydrogen (secondary N) is 1. The topological polar surface area (TPSA) is 29.1 Å². The molecule has 0 aliphatic heterocycles. The number of halogens is 1. The van der Waals surface area contributed by atoms with Crippen LogP contribution in [0.25, 0.3) is 0 Å². The van der Waals surface area contributed by atoms with Crippen molar-refractivity contribution in [2.75, 3.05) is 6.54 Å². The molecule has 1 fully saturated rings. The first kappa shape index (κ1) is 10.6. The second-order valence-corrected chi connectivity index (χ2v) is 4.38. The second kappa shape index (κ2) is 4.66. The molecular formula is C10H16ClNO. The highest BCUT2D eigenvalue weighted by Crippen LogP contribution is 2.30. The van der Waals surface area contributed by atoms with E-state index in [9.17, 15) is 4.79 Å². The smallest absolute Gasteiger partial charge is 0.223 e. The maximum Gasteiger partial charge on any atom is 0.223 e. The molecule has 2 atom stereocenters. The summed E-state index contributed by atoms with van der Waals surface area (Å²) in [4.78, 5) is 11.5. The van der Waals surface area contributed by atoms with Crippen LogP contribution in [0.1, 0.15) is 26.2 Å². The van der Waals surface area contributed by atoms with Crippen molar-refractivity contribution in [3.05, 3.63) is 11.6 Å². The summed E-state index contributed by atoms with van der Waals surface area (Å²) in [7, 11) is 0. The Hall–Kier alpha value is -0.500. The zero-order valence-corrected chi connectivity index (χ0v) is 8.73. The number of hydrogen-bond acceptors (Lipinski definition) is 1. The molecule has 0 heterocycles. The Kier molecular flexibility index (Phi) is 3.79. The minimum absolute atomic E-state index is 0.131. The SMILES string of the molecule is C=C(Cl)CNC(=O)C1CCC(C)C1. The van der Waals surface area contributed by atoms with Crippen LogP contribution in [-0.2, 0) is 4.79 Å². The van der Waals surface area contributed by atoms with Gasteiger partial charge in [0.05, 0.1) is 6.54 Å². The van der Waals surface area contributed by atoms with Gasteiger partial charge in [-0.1, -0.05) is 25.1 Å². The van der Waals surface area contributed by atoms with E-state index >= 15 is 0 Å². The van der Waals surface area contributed by atoms with Crippen LogP contribution in [-0.4, -0.2) is 12.5 Å². The lowest BCUT2D eigenvalue weighted by Crippen LogP contribution is -2.30. The van der Waals surface area contributed by atoms with Crippen LogP contribution in [0.4, 0.5) is 0 Å². The standard InChI is InChI=1S/C10H16ClNO/c1-7-3-4-9(5-7)10(13)12-6-8(2)11/h7,9H,2-6H2,1H3,(H,12,13). The van der Waals surface area contributed by atoms with Gasteiger partial charge < -0.3 is 5.32 Å². The Morgan fingerprint density at radius 1 is 1.62 bits per heavy atom. The van der Waals surface area contributed by atoms with Crippen LogP contribution in [0.5, 0.6) is 0 Å². The van der Waals surface area contributed by atoms with Gasteiger partial charge in [-0.2, -0.15) is 0 Å². The molecule has 0 radical (unpaired) electrons. The molecule has 3 heteroatoms. The van der Waals surface area contributed by atoms with Gasteiger partial charge in [-0.25, -0.2) is 0 Å². The summed E-state index contributed by atoms with van der Waals surface area (Å²) in [6, 6.07) is 0. The number of carbonyl (C=O) groups excluding carboxylic acids is 1. The van der Waals surface area contributed by atoms with Gasteiger partial charge in [-0.15, -0.1) is 0 Å². The number of hydrogen-bond donors (Lipinski definition) is 1. The van der Waals surface area contributed by atoms with Crippen molar-refractivity contribution in [2.45, 2.75) is 26.2 Å². The molecule has 13 heavy (non-hydrogen) atoms. The van der Waals surface area contributed by atoms with Crippen molar-refractivity contribution < 1.29 is 4.79 Å². The van der Waals surface area contributed by atoms with E-state index in [4.69, 9.17) is 11.6 Å². The van der Waals surface area contributed by atoms with E-state index in [1.165, 1.54) is 6.42 Å². The first-order valence-corrected chi connectivity index (χ1v) is 5.08. The fraction of sp³-hybridized carbons (Fsp3) is 0.700. The van der Waals surface area contributed by atoms with Crippen molar-refractivity contribution in [2.24, 2.45) is 11.8 Å². The minimum Gasteiger partial charge on any atom is -0.351 e.